The molecule has 1 aromatic rings. The Bertz CT molecular complexity index is 274. The first-order chi connectivity index (χ1) is 6.24. The van der Waals surface area contributed by atoms with Crippen LogP contribution in [-0.4, -0.2) is 20.3 Å². The molecule has 0 saturated carbocycles. The van der Waals surface area contributed by atoms with Crippen LogP contribution in [0.1, 0.15) is 5.56 Å². The summed E-state index contributed by atoms with van der Waals surface area (Å²) in [5.74, 6) is 0.659. The summed E-state index contributed by atoms with van der Waals surface area (Å²) in [6.07, 6.45) is 0. The van der Waals surface area contributed by atoms with Crippen LogP contribution in [0.4, 0.5) is 0 Å². The van der Waals surface area contributed by atoms with E-state index >= 15 is 0 Å². The largest absolute Gasteiger partial charge is 0.490 e. The molecule has 0 aliphatic carbocycles. The summed E-state index contributed by atoms with van der Waals surface area (Å²) >= 11 is 5.88. The highest BCUT2D eigenvalue weighted by molar-refractivity contribution is 6.32. The van der Waals surface area contributed by atoms with Crippen LogP contribution < -0.4 is 4.74 Å². The van der Waals surface area contributed by atoms with Gasteiger partial charge in [-0.1, -0.05) is 17.7 Å². The van der Waals surface area contributed by atoms with Crippen LogP contribution in [0.3, 0.4) is 0 Å². The lowest BCUT2D eigenvalue weighted by Gasteiger charge is -2.07. The maximum absolute atomic E-state index is 5.88. The van der Waals surface area contributed by atoms with Crippen molar-refractivity contribution in [2.45, 2.75) is 0 Å². The highest BCUT2D eigenvalue weighted by Crippen LogP contribution is 2.24. The van der Waals surface area contributed by atoms with E-state index < -0.39 is 0 Å². The Labute approximate surface area is 83.4 Å². The molecule has 0 aromatic heterocycles. The molecular weight excluding hydrogens is 188 g/mol. The molecule has 0 unspecified atom stereocenters. The number of hydrogen-bond acceptors (Lipinski definition) is 2. The molecule has 1 radical (unpaired) electrons. The molecule has 1 aromatic carbocycles. The normalized spacial score (nSPS) is 10.1. The summed E-state index contributed by atoms with van der Waals surface area (Å²) in [4.78, 5) is 0. The third-order valence-corrected chi connectivity index (χ3v) is 1.85. The zero-order chi connectivity index (χ0) is 9.68. The number of rotatable bonds is 4. The Morgan fingerprint density at radius 3 is 2.85 bits per heavy atom. The van der Waals surface area contributed by atoms with Crippen molar-refractivity contribution in [1.29, 1.82) is 0 Å². The van der Waals surface area contributed by atoms with Gasteiger partial charge in [0.1, 0.15) is 12.4 Å². The molecule has 0 bridgehead atoms. The average molecular weight is 200 g/mol. The van der Waals surface area contributed by atoms with Gasteiger partial charge in [0.25, 0.3) is 0 Å². The van der Waals surface area contributed by atoms with E-state index in [2.05, 4.69) is 6.92 Å². The maximum atomic E-state index is 5.88. The molecule has 2 nitrogen and oxygen atoms in total. The van der Waals surface area contributed by atoms with Crippen molar-refractivity contribution >= 4 is 11.6 Å². The third-order valence-electron chi connectivity index (χ3n) is 1.54. The fraction of sp³-hybridized carbons (Fsp3) is 0.300. The zero-order valence-electron chi connectivity index (χ0n) is 7.55. The summed E-state index contributed by atoms with van der Waals surface area (Å²) in [5.41, 5.74) is 0.886. The smallest absolute Gasteiger partial charge is 0.138 e. The van der Waals surface area contributed by atoms with Crippen LogP contribution in [0.2, 0.25) is 5.02 Å². The minimum Gasteiger partial charge on any atom is -0.490 e. The van der Waals surface area contributed by atoms with Gasteiger partial charge in [-0.2, -0.15) is 0 Å². The SMILES string of the molecule is [CH2]c1ccc(Cl)c(OCCOC)c1. The third kappa shape index (κ3) is 3.25. The minimum atomic E-state index is 0.500. The summed E-state index contributed by atoms with van der Waals surface area (Å²) in [7, 11) is 1.63. The lowest BCUT2D eigenvalue weighted by atomic mass is 10.2. The average Bonchev–Trinajstić information content (AvgIpc) is 2.11. The molecule has 0 fully saturated rings. The molecule has 71 valence electrons. The second-order valence-electron chi connectivity index (χ2n) is 2.61. The molecule has 0 spiro atoms. The molecule has 0 saturated heterocycles. The number of hydrogen-bond donors (Lipinski definition) is 0. The molecule has 13 heavy (non-hydrogen) atoms. The summed E-state index contributed by atoms with van der Waals surface area (Å²) < 4.78 is 10.2. The highest BCUT2D eigenvalue weighted by Gasteiger charge is 2.00. The lowest BCUT2D eigenvalue weighted by Crippen LogP contribution is -2.04. The van der Waals surface area contributed by atoms with E-state index in [4.69, 9.17) is 21.1 Å². The minimum absolute atomic E-state index is 0.500. The van der Waals surface area contributed by atoms with Gasteiger partial charge in [0, 0.05) is 7.11 Å². The monoisotopic (exact) mass is 199 g/mol. The van der Waals surface area contributed by atoms with Crippen molar-refractivity contribution in [3.05, 3.63) is 35.7 Å². The standard InChI is InChI=1S/C10H12ClO2/c1-8-3-4-9(11)10(7-8)13-6-5-12-2/h3-4,7H,1,5-6H2,2H3. The van der Waals surface area contributed by atoms with Crippen LogP contribution in [0.5, 0.6) is 5.75 Å². The number of ether oxygens (including phenoxy) is 2. The van der Waals surface area contributed by atoms with E-state index in [0.29, 0.717) is 24.0 Å². The fourth-order valence-electron chi connectivity index (χ4n) is 0.893. The van der Waals surface area contributed by atoms with E-state index in [0.717, 1.165) is 5.56 Å². The Morgan fingerprint density at radius 1 is 1.38 bits per heavy atom. The van der Waals surface area contributed by atoms with Gasteiger partial charge in [0.05, 0.1) is 11.6 Å². The van der Waals surface area contributed by atoms with Crippen molar-refractivity contribution in [2.24, 2.45) is 0 Å². The second kappa shape index (κ2) is 5.10. The van der Waals surface area contributed by atoms with Crippen LogP contribution in [0, 0.1) is 6.92 Å². The van der Waals surface area contributed by atoms with Crippen molar-refractivity contribution in [1.82, 2.24) is 0 Å². The summed E-state index contributed by atoms with van der Waals surface area (Å²) in [5, 5.41) is 0.600. The van der Waals surface area contributed by atoms with E-state index in [9.17, 15) is 0 Å². The molecule has 1 rings (SSSR count). The van der Waals surface area contributed by atoms with Gasteiger partial charge in [-0.25, -0.2) is 0 Å². The maximum Gasteiger partial charge on any atom is 0.138 e. The predicted octanol–water partition coefficient (Wildman–Crippen LogP) is 2.55. The second-order valence-corrected chi connectivity index (χ2v) is 3.01. The van der Waals surface area contributed by atoms with Gasteiger partial charge in [0.15, 0.2) is 0 Å². The van der Waals surface area contributed by atoms with Crippen molar-refractivity contribution < 1.29 is 9.47 Å². The van der Waals surface area contributed by atoms with Crippen molar-refractivity contribution in [3.8, 4) is 5.75 Å². The summed E-state index contributed by atoms with van der Waals surface area (Å²) in [6, 6.07) is 5.41. The van der Waals surface area contributed by atoms with E-state index in [1.165, 1.54) is 0 Å². The van der Waals surface area contributed by atoms with Gasteiger partial charge >= 0.3 is 0 Å². The molecule has 0 aliphatic heterocycles. The van der Waals surface area contributed by atoms with Crippen molar-refractivity contribution in [2.75, 3.05) is 20.3 Å². The first-order valence-corrected chi connectivity index (χ1v) is 4.35. The number of halogens is 1. The van der Waals surface area contributed by atoms with Gasteiger partial charge in [0.2, 0.25) is 0 Å². The Kier molecular flexibility index (Phi) is 4.06. The molecule has 0 N–H and O–H groups in total. The topological polar surface area (TPSA) is 18.5 Å². The fourth-order valence-corrected chi connectivity index (χ4v) is 1.07. The summed E-state index contributed by atoms with van der Waals surface area (Å²) in [6.45, 7) is 4.83. The zero-order valence-corrected chi connectivity index (χ0v) is 8.30. The number of benzene rings is 1. The van der Waals surface area contributed by atoms with E-state index in [-0.39, 0.29) is 0 Å². The molecule has 0 amide bonds. The molecule has 3 heteroatoms. The van der Waals surface area contributed by atoms with Gasteiger partial charge in [-0.15, -0.1) is 0 Å². The quantitative estimate of drug-likeness (QED) is 0.694. The Morgan fingerprint density at radius 2 is 2.15 bits per heavy atom. The molecular formula is C10H12ClO2. The molecule has 0 atom stereocenters. The molecule has 0 heterocycles. The Hall–Kier alpha value is -0.730. The van der Waals surface area contributed by atoms with Crippen LogP contribution >= 0.6 is 11.6 Å². The van der Waals surface area contributed by atoms with Gasteiger partial charge in [-0.05, 0) is 24.6 Å². The highest BCUT2D eigenvalue weighted by atomic mass is 35.5. The van der Waals surface area contributed by atoms with E-state index in [1.54, 1.807) is 19.2 Å². The Balaban J connectivity index is 2.59. The first kappa shape index (κ1) is 10.4. The predicted molar refractivity (Wildman–Crippen MR) is 53.3 cm³/mol. The van der Waals surface area contributed by atoms with E-state index in [1.807, 2.05) is 6.07 Å². The molecule has 0 aliphatic rings. The van der Waals surface area contributed by atoms with Crippen LogP contribution in [0.15, 0.2) is 18.2 Å². The first-order valence-electron chi connectivity index (χ1n) is 3.97. The van der Waals surface area contributed by atoms with Crippen molar-refractivity contribution in [3.63, 3.8) is 0 Å². The van der Waals surface area contributed by atoms with Gasteiger partial charge in [-0.3, -0.25) is 0 Å². The number of methoxy groups -OCH3 is 1. The lowest BCUT2D eigenvalue weighted by molar-refractivity contribution is 0.146. The van der Waals surface area contributed by atoms with Crippen LogP contribution in [-0.2, 0) is 4.74 Å². The van der Waals surface area contributed by atoms with Crippen LogP contribution in [0.25, 0.3) is 0 Å². The van der Waals surface area contributed by atoms with Gasteiger partial charge < -0.3 is 9.47 Å².